The molecule has 0 saturated heterocycles. The van der Waals surface area contributed by atoms with Crippen LogP contribution in [0.15, 0.2) is 60.8 Å². The normalized spacial score (nSPS) is 12.4. The van der Waals surface area contributed by atoms with Crippen LogP contribution in [0.2, 0.25) is 0 Å². The minimum atomic E-state index is -1.26. The Morgan fingerprint density at radius 2 is 1.72 bits per heavy atom. The van der Waals surface area contributed by atoms with Crippen LogP contribution in [-0.2, 0) is 0 Å². The van der Waals surface area contributed by atoms with Gasteiger partial charge in [-0.05, 0) is 61.6 Å². The molecule has 2 N–H and O–H groups in total. The molecule has 150 valence electrons. The average Bonchev–Trinajstić information content (AvgIpc) is 2.72. The van der Waals surface area contributed by atoms with Crippen LogP contribution in [0.4, 0.5) is 8.78 Å². The number of nitrogens with zero attached hydrogens (tertiary/aromatic N) is 1. The summed E-state index contributed by atoms with van der Waals surface area (Å²) in [6.45, 7) is 1.78. The highest BCUT2D eigenvalue weighted by atomic mass is 19.2. The predicted octanol–water partition coefficient (Wildman–Crippen LogP) is 5.96. The van der Waals surface area contributed by atoms with Gasteiger partial charge < -0.3 is 10.2 Å². The first-order valence-corrected chi connectivity index (χ1v) is 9.54. The van der Waals surface area contributed by atoms with Crippen LogP contribution < -0.4 is 0 Å². The molecular weight excluding hydrogens is 372 g/mol. The van der Waals surface area contributed by atoms with Gasteiger partial charge in [0, 0.05) is 17.3 Å². The molecule has 1 unspecified atom stereocenters. The fourth-order valence-electron chi connectivity index (χ4n) is 3.12. The molecule has 0 aliphatic rings. The summed E-state index contributed by atoms with van der Waals surface area (Å²) >= 11 is 0. The first kappa shape index (κ1) is 20.7. The number of aliphatic hydroxyl groups is 1. The molecular formula is C24H23F2NO2. The van der Waals surface area contributed by atoms with Crippen molar-refractivity contribution < 1.29 is 19.0 Å². The second-order valence-electron chi connectivity index (χ2n) is 6.96. The molecule has 1 aromatic heterocycles. The third-order valence-corrected chi connectivity index (χ3v) is 4.66. The highest BCUT2D eigenvalue weighted by molar-refractivity contribution is 5.83. The zero-order chi connectivity index (χ0) is 20.8. The van der Waals surface area contributed by atoms with Gasteiger partial charge in [-0.15, -0.1) is 0 Å². The number of benzene rings is 2. The SMILES string of the molecule is CC(O)CCCC=Cc1ccc(-c2ccccc2-c2ccc(O)c(F)c2F)cn1. The van der Waals surface area contributed by atoms with Crippen LogP contribution in [0.25, 0.3) is 28.3 Å². The van der Waals surface area contributed by atoms with E-state index < -0.39 is 17.4 Å². The Morgan fingerprint density at radius 1 is 0.966 bits per heavy atom. The number of halogens is 2. The number of phenols is 1. The fraction of sp³-hybridized carbons (Fsp3) is 0.208. The van der Waals surface area contributed by atoms with Crippen molar-refractivity contribution >= 4 is 6.08 Å². The molecule has 0 spiro atoms. The summed E-state index contributed by atoms with van der Waals surface area (Å²) in [5.74, 6) is -3.05. The van der Waals surface area contributed by atoms with Gasteiger partial charge in [-0.1, -0.05) is 36.4 Å². The van der Waals surface area contributed by atoms with E-state index >= 15 is 0 Å². The second kappa shape index (κ2) is 9.43. The van der Waals surface area contributed by atoms with E-state index in [1.54, 1.807) is 25.3 Å². The van der Waals surface area contributed by atoms with Gasteiger partial charge in [0.15, 0.2) is 11.6 Å². The molecule has 3 rings (SSSR count). The van der Waals surface area contributed by atoms with Crippen molar-refractivity contribution in [3.05, 3.63) is 78.1 Å². The van der Waals surface area contributed by atoms with Crippen molar-refractivity contribution in [2.24, 2.45) is 0 Å². The molecule has 0 saturated carbocycles. The summed E-state index contributed by atoms with van der Waals surface area (Å²) in [6.07, 6.45) is 7.90. The zero-order valence-corrected chi connectivity index (χ0v) is 16.1. The molecule has 1 heterocycles. The van der Waals surface area contributed by atoms with E-state index in [-0.39, 0.29) is 11.7 Å². The number of hydrogen-bond donors (Lipinski definition) is 2. The molecule has 5 heteroatoms. The van der Waals surface area contributed by atoms with E-state index in [9.17, 15) is 19.0 Å². The summed E-state index contributed by atoms with van der Waals surface area (Å²) in [5, 5.41) is 18.6. The van der Waals surface area contributed by atoms with Gasteiger partial charge in [-0.25, -0.2) is 4.39 Å². The molecule has 0 aliphatic carbocycles. The first-order chi connectivity index (χ1) is 14.0. The van der Waals surface area contributed by atoms with Crippen LogP contribution in [0.1, 0.15) is 31.9 Å². The number of aromatic nitrogens is 1. The van der Waals surface area contributed by atoms with E-state index in [0.29, 0.717) is 5.56 Å². The smallest absolute Gasteiger partial charge is 0.200 e. The number of hydrogen-bond acceptors (Lipinski definition) is 3. The Balaban J connectivity index is 1.84. The minimum absolute atomic E-state index is 0.0815. The number of pyridine rings is 1. The molecule has 0 bridgehead atoms. The van der Waals surface area contributed by atoms with Gasteiger partial charge in [-0.3, -0.25) is 4.98 Å². The van der Waals surface area contributed by atoms with Crippen LogP contribution >= 0.6 is 0 Å². The topological polar surface area (TPSA) is 53.4 Å². The molecule has 0 amide bonds. The van der Waals surface area contributed by atoms with Crippen molar-refractivity contribution in [3.8, 4) is 28.0 Å². The molecule has 0 fully saturated rings. The summed E-state index contributed by atoms with van der Waals surface area (Å²) in [4.78, 5) is 4.43. The number of unbranched alkanes of at least 4 members (excludes halogenated alkanes) is 1. The van der Waals surface area contributed by atoms with Gasteiger partial charge >= 0.3 is 0 Å². The lowest BCUT2D eigenvalue weighted by Gasteiger charge is -2.12. The Hall–Kier alpha value is -3.05. The van der Waals surface area contributed by atoms with E-state index in [1.165, 1.54) is 6.07 Å². The van der Waals surface area contributed by atoms with Crippen molar-refractivity contribution in [3.63, 3.8) is 0 Å². The molecule has 3 nitrogen and oxygen atoms in total. The predicted molar refractivity (Wildman–Crippen MR) is 111 cm³/mol. The zero-order valence-electron chi connectivity index (χ0n) is 16.1. The quantitative estimate of drug-likeness (QED) is 0.485. The lowest BCUT2D eigenvalue weighted by atomic mass is 9.95. The molecule has 0 aliphatic heterocycles. The summed E-state index contributed by atoms with van der Waals surface area (Å²) in [6, 6.07) is 13.4. The molecule has 3 aromatic rings. The maximum Gasteiger partial charge on any atom is 0.200 e. The largest absolute Gasteiger partial charge is 0.505 e. The number of aliphatic hydroxyl groups excluding tert-OH is 1. The first-order valence-electron chi connectivity index (χ1n) is 9.54. The van der Waals surface area contributed by atoms with E-state index in [4.69, 9.17) is 0 Å². The molecule has 2 aromatic carbocycles. The van der Waals surface area contributed by atoms with Crippen LogP contribution in [-0.4, -0.2) is 21.3 Å². The van der Waals surface area contributed by atoms with Gasteiger partial charge in [0.2, 0.25) is 5.82 Å². The van der Waals surface area contributed by atoms with Gasteiger partial charge in [0.25, 0.3) is 0 Å². The number of rotatable bonds is 7. The Bertz CT molecular complexity index is 998. The number of aromatic hydroxyl groups is 1. The standard InChI is InChI=1S/C24H23F2NO2/c1-16(28)7-3-2-4-8-18-12-11-17(15-27-18)19-9-5-6-10-20(19)21-13-14-22(29)24(26)23(21)25/h4-6,8-16,28-29H,2-3,7H2,1H3. The fourth-order valence-corrected chi connectivity index (χ4v) is 3.12. The van der Waals surface area contributed by atoms with E-state index in [2.05, 4.69) is 4.98 Å². The Labute approximate surface area is 169 Å². The van der Waals surface area contributed by atoms with Gasteiger partial charge in [0.05, 0.1) is 11.8 Å². The van der Waals surface area contributed by atoms with Crippen molar-refractivity contribution in [1.82, 2.24) is 4.98 Å². The number of allylic oxidation sites excluding steroid dienone is 1. The van der Waals surface area contributed by atoms with Gasteiger partial charge in [-0.2, -0.15) is 4.39 Å². The van der Waals surface area contributed by atoms with Crippen molar-refractivity contribution in [1.29, 1.82) is 0 Å². The number of phenolic OH excluding ortho intramolecular Hbond substituents is 1. The third kappa shape index (κ3) is 5.06. The average molecular weight is 395 g/mol. The Morgan fingerprint density at radius 3 is 2.41 bits per heavy atom. The summed E-state index contributed by atoms with van der Waals surface area (Å²) < 4.78 is 28.2. The second-order valence-corrected chi connectivity index (χ2v) is 6.96. The molecule has 1 atom stereocenters. The molecule has 29 heavy (non-hydrogen) atoms. The van der Waals surface area contributed by atoms with Crippen LogP contribution in [0.5, 0.6) is 5.75 Å². The van der Waals surface area contributed by atoms with Crippen LogP contribution in [0, 0.1) is 11.6 Å². The monoisotopic (exact) mass is 395 g/mol. The van der Waals surface area contributed by atoms with Gasteiger partial charge in [0.1, 0.15) is 0 Å². The highest BCUT2D eigenvalue weighted by Gasteiger charge is 2.17. The summed E-state index contributed by atoms with van der Waals surface area (Å²) in [7, 11) is 0. The van der Waals surface area contributed by atoms with E-state index in [0.717, 1.165) is 42.1 Å². The highest BCUT2D eigenvalue weighted by Crippen LogP contribution is 2.35. The summed E-state index contributed by atoms with van der Waals surface area (Å²) in [5.41, 5.74) is 2.89. The molecule has 0 radical (unpaired) electrons. The Kier molecular flexibility index (Phi) is 6.73. The van der Waals surface area contributed by atoms with Crippen molar-refractivity contribution in [2.75, 3.05) is 0 Å². The lowest BCUT2D eigenvalue weighted by molar-refractivity contribution is 0.182. The van der Waals surface area contributed by atoms with E-state index in [1.807, 2.05) is 36.4 Å². The lowest BCUT2D eigenvalue weighted by Crippen LogP contribution is -1.97. The maximum absolute atomic E-state index is 14.4. The maximum atomic E-state index is 14.4. The third-order valence-electron chi connectivity index (χ3n) is 4.66. The van der Waals surface area contributed by atoms with Crippen LogP contribution in [0.3, 0.4) is 0 Å². The minimum Gasteiger partial charge on any atom is -0.505 e. The van der Waals surface area contributed by atoms with Crippen molar-refractivity contribution in [2.45, 2.75) is 32.3 Å².